The van der Waals surface area contributed by atoms with Gasteiger partial charge < -0.3 is 10.8 Å². The molecular formula is C8H9BrN4O. The number of imidazole rings is 1. The van der Waals surface area contributed by atoms with Crippen LogP contribution in [0.1, 0.15) is 11.7 Å². The number of aromatic nitrogens is 3. The second-order valence-corrected chi connectivity index (χ2v) is 3.63. The van der Waals surface area contributed by atoms with Crippen LogP contribution in [0.4, 0.5) is 0 Å². The third kappa shape index (κ3) is 1.41. The van der Waals surface area contributed by atoms with Gasteiger partial charge in [-0.15, -0.1) is 0 Å². The molecule has 2 heterocycles. The molecule has 0 amide bonds. The molecule has 1 unspecified atom stereocenters. The molecule has 0 saturated heterocycles. The minimum atomic E-state index is -0.468. The number of hydrogen-bond donors (Lipinski definition) is 2. The van der Waals surface area contributed by atoms with Crippen LogP contribution < -0.4 is 5.73 Å². The first-order valence-electron chi connectivity index (χ1n) is 4.08. The molecule has 0 aliphatic rings. The van der Waals surface area contributed by atoms with Crippen molar-refractivity contribution in [3.05, 3.63) is 28.9 Å². The van der Waals surface area contributed by atoms with Gasteiger partial charge in [0.05, 0.1) is 24.5 Å². The second-order valence-electron chi connectivity index (χ2n) is 2.88. The molecule has 74 valence electrons. The Kier molecular flexibility index (Phi) is 2.49. The van der Waals surface area contributed by atoms with Gasteiger partial charge in [-0.05, 0) is 15.9 Å². The molecule has 0 aromatic carbocycles. The number of fused-ring (bicyclic) bond motifs is 1. The van der Waals surface area contributed by atoms with E-state index >= 15 is 0 Å². The van der Waals surface area contributed by atoms with Crippen molar-refractivity contribution in [2.75, 3.05) is 6.61 Å². The summed E-state index contributed by atoms with van der Waals surface area (Å²) in [5.74, 6) is 0. The minimum Gasteiger partial charge on any atom is -0.394 e. The number of halogens is 1. The van der Waals surface area contributed by atoms with Crippen LogP contribution in [0.25, 0.3) is 5.65 Å². The lowest BCUT2D eigenvalue weighted by Gasteiger charge is -2.03. The van der Waals surface area contributed by atoms with Crippen molar-refractivity contribution in [2.24, 2.45) is 5.73 Å². The Morgan fingerprint density at radius 3 is 3.07 bits per heavy atom. The third-order valence-electron chi connectivity index (χ3n) is 1.94. The van der Waals surface area contributed by atoms with E-state index in [4.69, 9.17) is 10.8 Å². The van der Waals surface area contributed by atoms with Crippen LogP contribution in [0.15, 0.2) is 23.2 Å². The number of aliphatic hydroxyl groups is 1. The van der Waals surface area contributed by atoms with E-state index < -0.39 is 6.04 Å². The van der Waals surface area contributed by atoms with E-state index in [1.54, 1.807) is 18.6 Å². The molecule has 0 aliphatic heterocycles. The Bertz CT molecular complexity index is 456. The highest BCUT2D eigenvalue weighted by atomic mass is 79.9. The monoisotopic (exact) mass is 256 g/mol. The molecule has 1 atom stereocenters. The van der Waals surface area contributed by atoms with Gasteiger partial charge in [0.15, 0.2) is 5.65 Å². The quantitative estimate of drug-likeness (QED) is 0.820. The first-order valence-corrected chi connectivity index (χ1v) is 4.87. The predicted molar refractivity (Wildman–Crippen MR) is 54.7 cm³/mol. The topological polar surface area (TPSA) is 76.4 Å². The van der Waals surface area contributed by atoms with Crippen molar-refractivity contribution in [1.82, 2.24) is 14.4 Å². The van der Waals surface area contributed by atoms with Crippen molar-refractivity contribution in [3.8, 4) is 0 Å². The van der Waals surface area contributed by atoms with Crippen LogP contribution >= 0.6 is 15.9 Å². The summed E-state index contributed by atoms with van der Waals surface area (Å²) >= 11 is 3.37. The number of nitrogens with zero attached hydrogens (tertiary/aromatic N) is 3. The summed E-state index contributed by atoms with van der Waals surface area (Å²) in [6, 6.07) is -0.468. The zero-order chi connectivity index (χ0) is 10.1. The molecule has 6 heteroatoms. The van der Waals surface area contributed by atoms with E-state index in [0.717, 1.165) is 4.60 Å². The molecule has 0 fully saturated rings. The van der Waals surface area contributed by atoms with Crippen molar-refractivity contribution >= 4 is 21.6 Å². The lowest BCUT2D eigenvalue weighted by molar-refractivity contribution is 0.266. The number of rotatable bonds is 2. The van der Waals surface area contributed by atoms with Crippen molar-refractivity contribution in [2.45, 2.75) is 6.04 Å². The van der Waals surface area contributed by atoms with Crippen LogP contribution in [0.3, 0.4) is 0 Å². The highest BCUT2D eigenvalue weighted by Gasteiger charge is 2.15. The summed E-state index contributed by atoms with van der Waals surface area (Å²) in [5.41, 5.74) is 7.03. The molecule has 2 aromatic rings. The molecule has 2 aromatic heterocycles. The van der Waals surface area contributed by atoms with E-state index in [2.05, 4.69) is 25.9 Å². The summed E-state index contributed by atoms with van der Waals surface area (Å²) in [7, 11) is 0. The molecule has 0 spiro atoms. The van der Waals surface area contributed by atoms with E-state index in [0.29, 0.717) is 11.3 Å². The molecule has 14 heavy (non-hydrogen) atoms. The number of nitrogens with two attached hydrogens (primary N) is 1. The molecule has 2 rings (SSSR count). The maximum atomic E-state index is 8.93. The van der Waals surface area contributed by atoms with Gasteiger partial charge in [-0.3, -0.25) is 9.38 Å². The van der Waals surface area contributed by atoms with Crippen molar-refractivity contribution < 1.29 is 5.11 Å². The van der Waals surface area contributed by atoms with E-state index in [1.165, 1.54) is 0 Å². The second kappa shape index (κ2) is 3.64. The smallest absolute Gasteiger partial charge is 0.156 e. The molecule has 3 N–H and O–H groups in total. The maximum absolute atomic E-state index is 8.93. The Labute approximate surface area is 88.7 Å². The Morgan fingerprint density at radius 2 is 2.43 bits per heavy atom. The fourth-order valence-corrected chi connectivity index (χ4v) is 1.90. The van der Waals surface area contributed by atoms with Gasteiger partial charge in [-0.1, -0.05) is 0 Å². The molecular weight excluding hydrogens is 248 g/mol. The average molecular weight is 257 g/mol. The summed E-state index contributed by atoms with van der Waals surface area (Å²) in [6.45, 7) is -0.129. The average Bonchev–Trinajstić information content (AvgIpc) is 2.56. The van der Waals surface area contributed by atoms with Gasteiger partial charge in [0.1, 0.15) is 4.60 Å². The largest absolute Gasteiger partial charge is 0.394 e. The molecule has 0 aliphatic carbocycles. The van der Waals surface area contributed by atoms with Crippen molar-refractivity contribution in [3.63, 3.8) is 0 Å². The zero-order valence-electron chi connectivity index (χ0n) is 7.26. The van der Waals surface area contributed by atoms with Gasteiger partial charge in [0, 0.05) is 12.4 Å². The maximum Gasteiger partial charge on any atom is 0.156 e. The normalized spacial score (nSPS) is 13.4. The molecule has 0 bridgehead atoms. The lowest BCUT2D eigenvalue weighted by Crippen LogP contribution is -2.15. The van der Waals surface area contributed by atoms with E-state index in [-0.39, 0.29) is 6.61 Å². The fraction of sp³-hybridized carbons (Fsp3) is 0.250. The number of hydrogen-bond acceptors (Lipinski definition) is 4. The number of aliphatic hydroxyl groups excluding tert-OH is 1. The first kappa shape index (κ1) is 9.57. The van der Waals surface area contributed by atoms with Gasteiger partial charge in [0.2, 0.25) is 0 Å². The fourth-order valence-electron chi connectivity index (χ4n) is 1.22. The SMILES string of the molecule is NC(CO)c1nc2cnccn2c1Br. The van der Waals surface area contributed by atoms with Gasteiger partial charge in [-0.2, -0.15) is 0 Å². The lowest BCUT2D eigenvalue weighted by atomic mass is 10.2. The summed E-state index contributed by atoms with van der Waals surface area (Å²) in [6.07, 6.45) is 5.08. The van der Waals surface area contributed by atoms with Crippen LogP contribution in [0.5, 0.6) is 0 Å². The Hall–Kier alpha value is -0.980. The van der Waals surface area contributed by atoms with Crippen LogP contribution in [-0.2, 0) is 0 Å². The van der Waals surface area contributed by atoms with Crippen LogP contribution in [-0.4, -0.2) is 26.1 Å². The highest BCUT2D eigenvalue weighted by Crippen LogP contribution is 2.22. The van der Waals surface area contributed by atoms with E-state index in [9.17, 15) is 0 Å². The van der Waals surface area contributed by atoms with Gasteiger partial charge in [-0.25, -0.2) is 4.98 Å². The van der Waals surface area contributed by atoms with Gasteiger partial charge in [0.25, 0.3) is 0 Å². The third-order valence-corrected chi connectivity index (χ3v) is 2.73. The van der Waals surface area contributed by atoms with Crippen LogP contribution in [0, 0.1) is 0 Å². The Morgan fingerprint density at radius 1 is 1.64 bits per heavy atom. The van der Waals surface area contributed by atoms with Gasteiger partial charge >= 0.3 is 0 Å². The van der Waals surface area contributed by atoms with E-state index in [1.807, 2.05) is 4.40 Å². The summed E-state index contributed by atoms with van der Waals surface area (Å²) in [4.78, 5) is 8.20. The summed E-state index contributed by atoms with van der Waals surface area (Å²) < 4.78 is 2.58. The molecule has 5 nitrogen and oxygen atoms in total. The highest BCUT2D eigenvalue weighted by molar-refractivity contribution is 9.10. The molecule has 0 radical (unpaired) electrons. The zero-order valence-corrected chi connectivity index (χ0v) is 8.85. The van der Waals surface area contributed by atoms with Crippen molar-refractivity contribution in [1.29, 1.82) is 0 Å². The standard InChI is InChI=1S/C8H9BrN4O/c9-8-7(5(10)4-14)12-6-3-11-1-2-13(6)8/h1-3,5,14H,4,10H2. The minimum absolute atomic E-state index is 0.129. The molecule has 0 saturated carbocycles. The first-order chi connectivity index (χ1) is 6.74. The predicted octanol–water partition coefficient (Wildman–Crippen LogP) is 0.484. The van der Waals surface area contributed by atoms with Crippen LogP contribution in [0.2, 0.25) is 0 Å². The Balaban J connectivity index is 2.62. The summed E-state index contributed by atoms with van der Waals surface area (Å²) in [5, 5.41) is 8.93.